The van der Waals surface area contributed by atoms with E-state index in [1.807, 2.05) is 23.0 Å². The van der Waals surface area contributed by atoms with E-state index in [0.717, 1.165) is 19.6 Å². The molecule has 0 aliphatic carbocycles. The second kappa shape index (κ2) is 9.65. The molecule has 0 aromatic heterocycles. The third-order valence-corrected chi connectivity index (χ3v) is 6.67. The van der Waals surface area contributed by atoms with Crippen LogP contribution in [0, 0.1) is 11.6 Å². The van der Waals surface area contributed by atoms with Gasteiger partial charge in [-0.1, -0.05) is 6.42 Å². The predicted molar refractivity (Wildman–Crippen MR) is 124 cm³/mol. The molecule has 0 spiro atoms. The zero-order valence-corrected chi connectivity index (χ0v) is 19.5. The number of likely N-dealkylation sites (tertiary alicyclic amines) is 1. The first-order valence-corrected chi connectivity index (χ1v) is 11.9. The molecular weight excluding hydrogens is 444 g/mol. The summed E-state index contributed by atoms with van der Waals surface area (Å²) in [5, 5.41) is 2.81. The topological polar surface area (TPSA) is 66.9 Å². The van der Waals surface area contributed by atoms with Gasteiger partial charge >= 0.3 is 6.03 Å². The first kappa shape index (κ1) is 22.7. The van der Waals surface area contributed by atoms with E-state index in [0.29, 0.717) is 51.2 Å². The minimum atomic E-state index is -0.625. The number of benzene rings is 1. The van der Waals surface area contributed by atoms with Crippen LogP contribution in [0.3, 0.4) is 0 Å². The maximum atomic E-state index is 14.9. The Labute approximate surface area is 198 Å². The van der Waals surface area contributed by atoms with E-state index in [2.05, 4.69) is 15.2 Å². The van der Waals surface area contributed by atoms with Gasteiger partial charge in [-0.05, 0) is 25.9 Å². The molecule has 4 heterocycles. The molecule has 0 unspecified atom stereocenters. The maximum Gasteiger partial charge on any atom is 0.331 e. The number of carbonyl (C=O) groups is 1. The van der Waals surface area contributed by atoms with E-state index >= 15 is 0 Å². The molecule has 34 heavy (non-hydrogen) atoms. The molecule has 4 aliphatic heterocycles. The van der Waals surface area contributed by atoms with Crippen molar-refractivity contribution in [3.63, 3.8) is 0 Å². The van der Waals surface area contributed by atoms with Crippen molar-refractivity contribution in [2.45, 2.75) is 19.3 Å². The number of amides is 2. The van der Waals surface area contributed by atoms with Crippen molar-refractivity contribution in [3.8, 4) is 5.75 Å². The number of piperazine rings is 1. The highest BCUT2D eigenvalue weighted by molar-refractivity contribution is 5.99. The fraction of sp³-hybridized carbons (Fsp3) is 0.565. The summed E-state index contributed by atoms with van der Waals surface area (Å²) in [7, 11) is 1.88. The fourth-order valence-corrected chi connectivity index (χ4v) is 4.86. The van der Waals surface area contributed by atoms with Crippen molar-refractivity contribution in [2.75, 3.05) is 71.0 Å². The van der Waals surface area contributed by atoms with Gasteiger partial charge in [0.2, 0.25) is 5.96 Å². The zero-order valence-electron chi connectivity index (χ0n) is 19.5. The van der Waals surface area contributed by atoms with Gasteiger partial charge in [-0.25, -0.2) is 13.6 Å². The second-order valence-electron chi connectivity index (χ2n) is 9.14. The molecule has 1 aromatic carbocycles. The Morgan fingerprint density at radius 3 is 2.38 bits per heavy atom. The second-order valence-corrected chi connectivity index (χ2v) is 9.14. The fourth-order valence-electron chi connectivity index (χ4n) is 4.86. The van der Waals surface area contributed by atoms with Gasteiger partial charge in [0.05, 0.1) is 0 Å². The molecule has 1 aromatic rings. The number of hydrogen-bond donors (Lipinski definition) is 1. The maximum absolute atomic E-state index is 14.9. The van der Waals surface area contributed by atoms with Gasteiger partial charge in [-0.15, -0.1) is 0 Å². The van der Waals surface area contributed by atoms with Gasteiger partial charge in [0.25, 0.3) is 0 Å². The molecule has 11 heteroatoms. The number of nitrogens with zero attached hydrogens (tertiary/aromatic N) is 6. The minimum absolute atomic E-state index is 0.0380. The van der Waals surface area contributed by atoms with Gasteiger partial charge in [-0.3, -0.25) is 15.1 Å². The number of carbonyl (C=O) groups excluding carboxylic acids is 1. The number of guanidine groups is 1. The van der Waals surface area contributed by atoms with Crippen molar-refractivity contribution in [1.29, 1.82) is 0 Å². The van der Waals surface area contributed by atoms with Crippen molar-refractivity contribution < 1.29 is 18.3 Å². The van der Waals surface area contributed by atoms with Crippen LogP contribution in [-0.4, -0.2) is 97.7 Å². The number of aliphatic imine (C=N–C) groups is 1. The number of nitrogens with one attached hydrogen (secondary N) is 1. The van der Waals surface area contributed by atoms with Crippen LogP contribution in [0.5, 0.6) is 5.75 Å². The Kier molecular flexibility index (Phi) is 6.44. The highest BCUT2D eigenvalue weighted by atomic mass is 19.1. The van der Waals surface area contributed by atoms with Gasteiger partial charge in [0, 0.05) is 58.1 Å². The van der Waals surface area contributed by atoms with Gasteiger partial charge in [0.1, 0.15) is 24.7 Å². The lowest BCUT2D eigenvalue weighted by molar-refractivity contribution is 0.183. The van der Waals surface area contributed by atoms with Crippen molar-refractivity contribution in [3.05, 3.63) is 35.8 Å². The molecule has 1 N–H and O–H groups in total. The van der Waals surface area contributed by atoms with E-state index in [4.69, 9.17) is 4.74 Å². The summed E-state index contributed by atoms with van der Waals surface area (Å²) in [4.78, 5) is 26.3. The number of urea groups is 1. The Bertz CT molecular complexity index is 965. The molecular formula is C23H31F2N7O2. The van der Waals surface area contributed by atoms with Gasteiger partial charge < -0.3 is 19.4 Å². The van der Waals surface area contributed by atoms with Crippen LogP contribution in [0.1, 0.15) is 19.3 Å². The van der Waals surface area contributed by atoms with Crippen molar-refractivity contribution in [2.24, 2.45) is 4.99 Å². The molecule has 2 amide bonds. The molecule has 4 aliphatic rings. The van der Waals surface area contributed by atoms with E-state index in [-0.39, 0.29) is 17.5 Å². The first-order valence-electron chi connectivity index (χ1n) is 11.9. The molecule has 184 valence electrons. The van der Waals surface area contributed by atoms with Crippen LogP contribution < -0.4 is 15.0 Å². The molecule has 0 saturated carbocycles. The predicted octanol–water partition coefficient (Wildman–Crippen LogP) is 2.03. The van der Waals surface area contributed by atoms with Crippen LogP contribution in [0.25, 0.3) is 0 Å². The lowest BCUT2D eigenvalue weighted by Gasteiger charge is -2.39. The van der Waals surface area contributed by atoms with Crippen LogP contribution in [0.4, 0.5) is 19.3 Å². The largest absolute Gasteiger partial charge is 0.492 e. The number of anilines is 1. The molecule has 0 atom stereocenters. The summed E-state index contributed by atoms with van der Waals surface area (Å²) < 4.78 is 35.4. The summed E-state index contributed by atoms with van der Waals surface area (Å²) in [5.74, 6) is 0.0320. The smallest absolute Gasteiger partial charge is 0.331 e. The third-order valence-electron chi connectivity index (χ3n) is 6.67. The zero-order chi connectivity index (χ0) is 23.7. The summed E-state index contributed by atoms with van der Waals surface area (Å²) in [6.45, 7) is 5.51. The lowest BCUT2D eigenvalue weighted by atomic mass is 10.1. The van der Waals surface area contributed by atoms with Gasteiger partial charge in [0.15, 0.2) is 17.5 Å². The standard InChI is InChI=1S/C23H31F2N7O2/c1-28-15-20-26-22(27-23(33)32(20)16-28)31-9-7-30(8-10-31)21-18(24)13-17(14-19(21)25)34-12-11-29-5-3-2-4-6-29/h13-15H,2-12,16H2,1H3,(H,26,27,33). The lowest BCUT2D eigenvalue weighted by Crippen LogP contribution is -2.57. The molecule has 5 rings (SSSR count). The van der Waals surface area contributed by atoms with Crippen molar-refractivity contribution in [1.82, 2.24) is 24.9 Å². The summed E-state index contributed by atoms with van der Waals surface area (Å²) in [6.07, 6.45) is 5.47. The number of hydrogen-bond acceptors (Lipinski definition) is 7. The SMILES string of the molecule is CN1C=C2N=C(N3CCN(c4c(F)cc(OCCN5CCCCC5)cc4F)CC3)NC(=O)N2C1. The first-order chi connectivity index (χ1) is 16.5. The summed E-state index contributed by atoms with van der Waals surface area (Å²) in [6, 6.07) is 2.31. The Morgan fingerprint density at radius 2 is 1.68 bits per heavy atom. The highest BCUT2D eigenvalue weighted by Crippen LogP contribution is 2.29. The summed E-state index contributed by atoms with van der Waals surface area (Å²) >= 11 is 0. The average molecular weight is 476 g/mol. The van der Waals surface area contributed by atoms with Crippen LogP contribution in [0.2, 0.25) is 0 Å². The molecule has 0 radical (unpaired) electrons. The number of fused-ring (bicyclic) bond motifs is 1. The Morgan fingerprint density at radius 1 is 1.00 bits per heavy atom. The Hall–Kier alpha value is -3.08. The van der Waals surface area contributed by atoms with Crippen LogP contribution in [0.15, 0.2) is 29.1 Å². The minimum Gasteiger partial charge on any atom is -0.492 e. The van der Waals surface area contributed by atoms with E-state index in [1.165, 1.54) is 31.4 Å². The van der Waals surface area contributed by atoms with E-state index in [9.17, 15) is 13.6 Å². The normalized spacial score (nSPS) is 21.3. The highest BCUT2D eigenvalue weighted by Gasteiger charge is 2.33. The summed E-state index contributed by atoms with van der Waals surface area (Å²) in [5.41, 5.74) is -0.0380. The monoisotopic (exact) mass is 475 g/mol. The van der Waals surface area contributed by atoms with Crippen LogP contribution in [-0.2, 0) is 0 Å². The van der Waals surface area contributed by atoms with E-state index < -0.39 is 11.6 Å². The number of piperidine rings is 1. The van der Waals surface area contributed by atoms with E-state index in [1.54, 1.807) is 9.80 Å². The number of rotatable bonds is 5. The number of ether oxygens (including phenoxy) is 1. The quantitative estimate of drug-likeness (QED) is 0.703. The van der Waals surface area contributed by atoms with Crippen molar-refractivity contribution >= 4 is 17.7 Å². The Balaban J connectivity index is 1.18. The number of halogens is 2. The third kappa shape index (κ3) is 4.75. The molecule has 9 nitrogen and oxygen atoms in total. The average Bonchev–Trinajstić information content (AvgIpc) is 3.21. The molecule has 0 bridgehead atoms. The molecule has 2 saturated heterocycles. The molecule has 2 fully saturated rings. The van der Waals surface area contributed by atoms with Gasteiger partial charge in [-0.2, -0.15) is 4.99 Å². The van der Waals surface area contributed by atoms with Crippen LogP contribution >= 0.6 is 0 Å².